The minimum absolute atomic E-state index is 0.0371. The van der Waals surface area contributed by atoms with Gasteiger partial charge in [0.1, 0.15) is 5.56 Å². The van der Waals surface area contributed by atoms with Crippen LogP contribution in [0.3, 0.4) is 0 Å². The molecule has 0 radical (unpaired) electrons. The van der Waals surface area contributed by atoms with Gasteiger partial charge < -0.3 is 19.3 Å². The molecule has 2 amide bonds. The number of hydrogen-bond acceptors (Lipinski definition) is 5. The van der Waals surface area contributed by atoms with Crippen LogP contribution in [0.1, 0.15) is 55.8 Å². The molecule has 0 aromatic carbocycles. The summed E-state index contributed by atoms with van der Waals surface area (Å²) < 4.78 is 11.2. The fourth-order valence-electron chi connectivity index (χ4n) is 4.91. The van der Waals surface area contributed by atoms with E-state index in [1.54, 1.807) is 18.3 Å². The Labute approximate surface area is 172 Å². The van der Waals surface area contributed by atoms with Gasteiger partial charge in [-0.2, -0.15) is 0 Å². The number of amides is 2. The molecule has 0 spiro atoms. The van der Waals surface area contributed by atoms with E-state index >= 15 is 0 Å². The second-order valence-corrected chi connectivity index (χ2v) is 8.23. The summed E-state index contributed by atoms with van der Waals surface area (Å²) in [7, 11) is 0. The third kappa shape index (κ3) is 4.39. The van der Waals surface area contributed by atoms with Gasteiger partial charge in [-0.15, -0.1) is 0 Å². The van der Waals surface area contributed by atoms with Crippen LogP contribution in [-0.4, -0.2) is 71.6 Å². The van der Waals surface area contributed by atoms with Crippen molar-refractivity contribution in [3.63, 3.8) is 0 Å². The van der Waals surface area contributed by atoms with E-state index in [2.05, 4.69) is 4.98 Å². The number of nitrogens with zero attached hydrogens (tertiary/aromatic N) is 3. The van der Waals surface area contributed by atoms with Crippen molar-refractivity contribution in [1.29, 1.82) is 0 Å². The van der Waals surface area contributed by atoms with Crippen molar-refractivity contribution >= 4 is 11.8 Å². The highest BCUT2D eigenvalue weighted by molar-refractivity contribution is 5.96. The van der Waals surface area contributed by atoms with Crippen LogP contribution in [0, 0.1) is 5.92 Å². The number of ether oxygens (including phenoxy) is 2. The number of rotatable bonds is 6. The average molecular weight is 402 g/mol. The maximum absolute atomic E-state index is 13.3. The van der Waals surface area contributed by atoms with Crippen LogP contribution in [0.4, 0.5) is 0 Å². The number of likely N-dealkylation sites (tertiary alicyclic amines) is 2. The number of aromatic nitrogens is 1. The lowest BCUT2D eigenvalue weighted by Gasteiger charge is -2.37. The lowest BCUT2D eigenvalue weighted by atomic mass is 9.91. The number of carbonyl (C=O) groups is 2. The van der Waals surface area contributed by atoms with Gasteiger partial charge in [0.25, 0.3) is 5.91 Å². The minimum Gasteiger partial charge on any atom is -0.477 e. The van der Waals surface area contributed by atoms with Gasteiger partial charge in [-0.05, 0) is 57.1 Å². The van der Waals surface area contributed by atoms with Crippen LogP contribution in [0.5, 0.6) is 5.88 Å². The normalized spacial score (nSPS) is 26.4. The van der Waals surface area contributed by atoms with Crippen molar-refractivity contribution in [3.05, 3.63) is 23.9 Å². The summed E-state index contributed by atoms with van der Waals surface area (Å²) in [5.41, 5.74) is 0.512. The van der Waals surface area contributed by atoms with Crippen molar-refractivity contribution in [2.24, 2.45) is 5.92 Å². The van der Waals surface area contributed by atoms with Crippen LogP contribution < -0.4 is 4.74 Å². The Hall–Kier alpha value is -2.15. The molecule has 0 bridgehead atoms. The molecule has 1 aromatic heterocycles. The van der Waals surface area contributed by atoms with Gasteiger partial charge in [0, 0.05) is 38.9 Å². The van der Waals surface area contributed by atoms with E-state index in [1.165, 1.54) is 0 Å². The SMILES string of the molecule is CCOc1ncccc1C(=O)N1CCC[C@H]2CN(C(=O)CC[C@@H]3CCCO3)C[C@H]21. The van der Waals surface area contributed by atoms with Crippen LogP contribution in [0.15, 0.2) is 18.3 Å². The number of piperidine rings is 1. The molecular formula is C22H31N3O4. The Kier molecular flexibility index (Phi) is 6.33. The number of hydrogen-bond donors (Lipinski definition) is 0. The molecule has 0 aliphatic carbocycles. The largest absolute Gasteiger partial charge is 0.477 e. The molecule has 29 heavy (non-hydrogen) atoms. The van der Waals surface area contributed by atoms with Gasteiger partial charge in [0.05, 0.1) is 18.8 Å². The van der Waals surface area contributed by atoms with Crippen LogP contribution in [0.2, 0.25) is 0 Å². The van der Waals surface area contributed by atoms with Gasteiger partial charge in [-0.3, -0.25) is 9.59 Å². The highest BCUT2D eigenvalue weighted by Crippen LogP contribution is 2.33. The number of pyridine rings is 1. The van der Waals surface area contributed by atoms with E-state index in [1.807, 2.05) is 16.7 Å². The smallest absolute Gasteiger partial charge is 0.259 e. The summed E-state index contributed by atoms with van der Waals surface area (Å²) in [5.74, 6) is 0.903. The van der Waals surface area contributed by atoms with Gasteiger partial charge in [0.15, 0.2) is 0 Å². The molecule has 3 atom stereocenters. The first-order valence-corrected chi connectivity index (χ1v) is 11.0. The molecule has 3 aliphatic heterocycles. The molecule has 0 unspecified atom stereocenters. The first-order valence-electron chi connectivity index (χ1n) is 11.0. The third-order valence-corrected chi connectivity index (χ3v) is 6.38. The minimum atomic E-state index is -0.0371. The second-order valence-electron chi connectivity index (χ2n) is 8.23. The van der Waals surface area contributed by atoms with Crippen molar-refractivity contribution < 1.29 is 19.1 Å². The topological polar surface area (TPSA) is 72.0 Å². The first-order chi connectivity index (χ1) is 14.2. The lowest BCUT2D eigenvalue weighted by Crippen LogP contribution is -2.48. The number of carbonyl (C=O) groups excluding carboxylic acids is 2. The Morgan fingerprint density at radius 1 is 1.28 bits per heavy atom. The molecule has 3 aliphatic rings. The van der Waals surface area contributed by atoms with Gasteiger partial charge in [-0.25, -0.2) is 4.98 Å². The quantitative estimate of drug-likeness (QED) is 0.732. The molecule has 158 valence electrons. The molecule has 4 heterocycles. The van der Waals surface area contributed by atoms with E-state index in [0.29, 0.717) is 36.9 Å². The monoisotopic (exact) mass is 401 g/mol. The maximum atomic E-state index is 13.3. The highest BCUT2D eigenvalue weighted by atomic mass is 16.5. The van der Waals surface area contributed by atoms with Crippen molar-refractivity contribution in [2.45, 2.75) is 57.6 Å². The zero-order valence-corrected chi connectivity index (χ0v) is 17.2. The molecule has 0 N–H and O–H groups in total. The number of fused-ring (bicyclic) bond motifs is 1. The third-order valence-electron chi connectivity index (χ3n) is 6.38. The lowest BCUT2D eigenvalue weighted by molar-refractivity contribution is -0.131. The zero-order valence-electron chi connectivity index (χ0n) is 17.2. The predicted octanol–water partition coefficient (Wildman–Crippen LogP) is 2.50. The molecular weight excluding hydrogens is 370 g/mol. The van der Waals surface area contributed by atoms with Gasteiger partial charge in [-0.1, -0.05) is 0 Å². The standard InChI is InChI=1S/C22H31N3O4/c1-2-28-21-18(8-3-11-23-21)22(27)25-12-4-6-16-14-24(15-19(16)25)20(26)10-9-17-7-5-13-29-17/h3,8,11,16-17,19H,2,4-7,9-10,12-15H2,1H3/t16-,17-,19+/m0/s1. The van der Waals surface area contributed by atoms with E-state index in [9.17, 15) is 9.59 Å². The molecule has 0 saturated carbocycles. The Balaban J connectivity index is 1.41. The molecule has 4 rings (SSSR count). The summed E-state index contributed by atoms with van der Waals surface area (Å²) >= 11 is 0. The summed E-state index contributed by atoms with van der Waals surface area (Å²) in [4.78, 5) is 34.2. The van der Waals surface area contributed by atoms with Crippen LogP contribution >= 0.6 is 0 Å². The van der Waals surface area contributed by atoms with Crippen molar-refractivity contribution in [1.82, 2.24) is 14.8 Å². The molecule has 1 aromatic rings. The molecule has 3 fully saturated rings. The average Bonchev–Trinajstić information content (AvgIpc) is 3.41. The fraction of sp³-hybridized carbons (Fsp3) is 0.682. The van der Waals surface area contributed by atoms with Crippen LogP contribution in [0.25, 0.3) is 0 Å². The Morgan fingerprint density at radius 2 is 2.17 bits per heavy atom. The van der Waals surface area contributed by atoms with Crippen LogP contribution in [-0.2, 0) is 9.53 Å². The van der Waals surface area contributed by atoms with Crippen molar-refractivity contribution in [3.8, 4) is 5.88 Å². The molecule has 3 saturated heterocycles. The highest BCUT2D eigenvalue weighted by Gasteiger charge is 2.43. The Bertz CT molecular complexity index is 735. The molecule has 7 nitrogen and oxygen atoms in total. The summed E-state index contributed by atoms with van der Waals surface area (Å²) in [6.07, 6.45) is 7.42. The maximum Gasteiger partial charge on any atom is 0.259 e. The van der Waals surface area contributed by atoms with Crippen molar-refractivity contribution in [2.75, 3.05) is 32.8 Å². The van der Waals surface area contributed by atoms with Gasteiger partial charge >= 0.3 is 0 Å². The predicted molar refractivity (Wildman–Crippen MR) is 108 cm³/mol. The van der Waals surface area contributed by atoms with E-state index in [4.69, 9.17) is 9.47 Å². The van der Waals surface area contributed by atoms with Gasteiger partial charge in [0.2, 0.25) is 11.8 Å². The fourth-order valence-corrected chi connectivity index (χ4v) is 4.91. The Morgan fingerprint density at radius 3 is 2.97 bits per heavy atom. The summed E-state index contributed by atoms with van der Waals surface area (Å²) in [5, 5.41) is 0. The molecule has 7 heteroatoms. The zero-order chi connectivity index (χ0) is 20.2. The van der Waals surface area contributed by atoms with E-state index < -0.39 is 0 Å². The second kappa shape index (κ2) is 9.11. The summed E-state index contributed by atoms with van der Waals surface area (Å²) in [6, 6.07) is 3.63. The van der Waals surface area contributed by atoms with E-state index in [-0.39, 0.29) is 24.0 Å². The summed E-state index contributed by atoms with van der Waals surface area (Å²) in [6.45, 7) is 5.28. The first kappa shape index (κ1) is 20.1. The van der Waals surface area contributed by atoms with E-state index in [0.717, 1.165) is 51.8 Å².